The lowest BCUT2D eigenvalue weighted by Gasteiger charge is -2.50. The van der Waals surface area contributed by atoms with Gasteiger partial charge in [-0.25, -0.2) is 0 Å². The summed E-state index contributed by atoms with van der Waals surface area (Å²) >= 11 is 10.9. The van der Waals surface area contributed by atoms with Gasteiger partial charge in [-0.3, -0.25) is 9.59 Å². The van der Waals surface area contributed by atoms with E-state index in [1.54, 1.807) is 17.1 Å². The number of amides is 2. The van der Waals surface area contributed by atoms with E-state index in [9.17, 15) is 9.59 Å². The lowest BCUT2D eigenvalue weighted by Crippen LogP contribution is -2.69. The van der Waals surface area contributed by atoms with Crippen molar-refractivity contribution in [1.29, 1.82) is 0 Å². The number of hydrogen-bond acceptors (Lipinski definition) is 4. The second-order valence-corrected chi connectivity index (χ2v) is 10.9. The molecule has 38 heavy (non-hydrogen) atoms. The maximum atomic E-state index is 14.1. The molecule has 1 aromatic carbocycles. The van der Waals surface area contributed by atoms with Crippen LogP contribution in [0.4, 0.5) is 0 Å². The monoisotopic (exact) mass is 557 g/mol. The Bertz CT molecular complexity index is 1050. The van der Waals surface area contributed by atoms with Crippen LogP contribution in [0.25, 0.3) is 0 Å². The van der Waals surface area contributed by atoms with E-state index in [2.05, 4.69) is 38.4 Å². The van der Waals surface area contributed by atoms with Crippen LogP contribution in [0.5, 0.6) is 0 Å². The summed E-state index contributed by atoms with van der Waals surface area (Å²) in [6.07, 6.45) is 15.2. The minimum atomic E-state index is -1.12. The quantitative estimate of drug-likeness (QED) is 0.111. The number of piperazine rings is 1. The zero-order valence-electron chi connectivity index (χ0n) is 23.4. The second-order valence-electron chi connectivity index (χ2n) is 9.91. The van der Waals surface area contributed by atoms with Gasteiger partial charge in [-0.05, 0) is 48.3 Å². The molecule has 1 N–H and O–H groups in total. The maximum Gasteiger partial charge on any atom is 0.271 e. The van der Waals surface area contributed by atoms with Gasteiger partial charge in [0.2, 0.25) is 5.91 Å². The molecule has 2 unspecified atom stereocenters. The van der Waals surface area contributed by atoms with Gasteiger partial charge in [-0.1, -0.05) is 94.1 Å². The number of thiol groups is 1. The molecule has 2 amide bonds. The summed E-state index contributed by atoms with van der Waals surface area (Å²) in [5.74, 6) is -0.356. The molecule has 1 saturated heterocycles. The van der Waals surface area contributed by atoms with Crippen molar-refractivity contribution in [3.8, 4) is 0 Å². The van der Waals surface area contributed by atoms with Crippen LogP contribution >= 0.6 is 24.2 Å². The van der Waals surface area contributed by atoms with E-state index in [0.717, 1.165) is 49.0 Å². The van der Waals surface area contributed by atoms with Crippen molar-refractivity contribution < 1.29 is 9.59 Å². The summed E-state index contributed by atoms with van der Waals surface area (Å²) in [7, 11) is 1.86. The van der Waals surface area contributed by atoms with Gasteiger partial charge in [-0.15, -0.1) is 19.2 Å². The van der Waals surface area contributed by atoms with E-state index in [-0.39, 0.29) is 24.4 Å². The normalized spacial score (nSPS) is 20.3. The van der Waals surface area contributed by atoms with Crippen molar-refractivity contribution in [2.75, 3.05) is 13.6 Å². The van der Waals surface area contributed by atoms with E-state index in [4.69, 9.17) is 11.6 Å². The van der Waals surface area contributed by atoms with Crippen molar-refractivity contribution in [2.45, 2.75) is 83.8 Å². The Labute approximate surface area is 240 Å². The first-order valence-electron chi connectivity index (χ1n) is 13.7. The maximum absolute atomic E-state index is 14.1. The molecule has 7 heteroatoms. The number of likely N-dealkylation sites (N-methyl/N-ethyl adjacent to an activating group) is 1. The van der Waals surface area contributed by atoms with Crippen LogP contribution in [0, 0.1) is 0 Å². The zero-order valence-corrected chi connectivity index (χ0v) is 25.0. The molecule has 1 fully saturated rings. The average molecular weight is 558 g/mol. The van der Waals surface area contributed by atoms with Gasteiger partial charge >= 0.3 is 0 Å². The largest absolute Gasteiger partial charge is 0.367 e. The SMILES string of the molecule is C=CCC1(C(=O)NC(CCC)CCCC)CN(C)\C(=C/C=C/C=C(\S)CC)C(=O)N1Cc1ccccc1Cl. The average Bonchev–Trinajstić information content (AvgIpc) is 2.89. The fourth-order valence-electron chi connectivity index (χ4n) is 4.82. The molecule has 0 saturated carbocycles. The standard InChI is InChI=1S/C31H44ClN3O2S/c1-6-10-17-25(15-7-2)33-30(37)31(21-8-3)23-34(5)28(20-14-12-18-26(38)9-4)29(36)35(31)22-24-16-11-13-19-27(24)32/h8,11-14,16,18-20,25,38H,3,6-7,9-10,15,17,21-23H2,1-2,4-5H3,(H,33,37)/b14-12+,26-18-,28-20-. The molecule has 0 spiro atoms. The van der Waals surface area contributed by atoms with Crippen LogP contribution in [0.2, 0.25) is 5.02 Å². The first kappa shape index (κ1) is 31.8. The summed E-state index contributed by atoms with van der Waals surface area (Å²) in [6.45, 7) is 10.8. The molecule has 1 aromatic rings. The van der Waals surface area contributed by atoms with E-state index in [1.807, 2.05) is 61.4 Å². The summed E-state index contributed by atoms with van der Waals surface area (Å²) in [4.78, 5) is 32.8. The van der Waals surface area contributed by atoms with Crippen molar-refractivity contribution >= 4 is 36.0 Å². The van der Waals surface area contributed by atoms with E-state index in [0.29, 0.717) is 23.7 Å². The van der Waals surface area contributed by atoms with Crippen molar-refractivity contribution in [3.63, 3.8) is 0 Å². The smallest absolute Gasteiger partial charge is 0.271 e. The molecule has 2 rings (SSSR count). The second kappa shape index (κ2) is 15.8. The Morgan fingerprint density at radius 2 is 1.95 bits per heavy atom. The summed E-state index contributed by atoms with van der Waals surface area (Å²) < 4.78 is 0. The molecule has 0 bridgehead atoms. The van der Waals surface area contributed by atoms with Gasteiger partial charge in [-0.2, -0.15) is 0 Å². The number of unbranched alkanes of at least 4 members (excludes halogenated alkanes) is 1. The van der Waals surface area contributed by atoms with Crippen LogP contribution in [-0.4, -0.2) is 46.8 Å². The predicted molar refractivity (Wildman–Crippen MR) is 163 cm³/mol. The third kappa shape index (κ3) is 8.28. The Morgan fingerprint density at radius 1 is 1.21 bits per heavy atom. The molecule has 1 aliphatic heterocycles. The molecular weight excluding hydrogens is 514 g/mol. The predicted octanol–water partition coefficient (Wildman–Crippen LogP) is 7.07. The minimum absolute atomic E-state index is 0.0670. The van der Waals surface area contributed by atoms with Crippen LogP contribution in [0.3, 0.4) is 0 Å². The highest BCUT2D eigenvalue weighted by atomic mass is 35.5. The minimum Gasteiger partial charge on any atom is -0.367 e. The van der Waals surface area contributed by atoms with Gasteiger partial charge in [0.25, 0.3) is 5.91 Å². The molecule has 0 aromatic heterocycles. The molecule has 2 atom stereocenters. The van der Waals surface area contributed by atoms with Gasteiger partial charge in [0.05, 0.1) is 6.54 Å². The molecule has 1 aliphatic rings. The number of carbonyl (C=O) groups is 2. The van der Waals surface area contributed by atoms with Crippen molar-refractivity contribution in [3.05, 3.63) is 82.4 Å². The van der Waals surface area contributed by atoms with Crippen molar-refractivity contribution in [2.24, 2.45) is 0 Å². The van der Waals surface area contributed by atoms with Crippen molar-refractivity contribution in [1.82, 2.24) is 15.1 Å². The van der Waals surface area contributed by atoms with E-state index in [1.165, 1.54) is 0 Å². The number of nitrogens with one attached hydrogen (secondary N) is 1. The summed E-state index contributed by atoms with van der Waals surface area (Å²) in [5.41, 5.74) is 0.194. The highest BCUT2D eigenvalue weighted by Crippen LogP contribution is 2.34. The van der Waals surface area contributed by atoms with Gasteiger partial charge in [0.1, 0.15) is 11.2 Å². The van der Waals surface area contributed by atoms with Crippen LogP contribution < -0.4 is 5.32 Å². The molecule has 0 aliphatic carbocycles. The highest BCUT2D eigenvalue weighted by Gasteiger charge is 2.51. The van der Waals surface area contributed by atoms with Gasteiger partial charge in [0.15, 0.2) is 0 Å². The molecule has 5 nitrogen and oxygen atoms in total. The summed E-state index contributed by atoms with van der Waals surface area (Å²) in [6, 6.07) is 7.53. The fourth-order valence-corrected chi connectivity index (χ4v) is 5.10. The Balaban J connectivity index is 2.55. The van der Waals surface area contributed by atoms with Crippen LogP contribution in [0.15, 0.2) is 71.8 Å². The summed E-state index contributed by atoms with van der Waals surface area (Å²) in [5, 5.41) is 3.88. The number of allylic oxidation sites excluding steroid dienone is 5. The number of hydrogen-bond donors (Lipinski definition) is 2. The number of halogens is 1. The first-order valence-corrected chi connectivity index (χ1v) is 14.5. The number of benzene rings is 1. The van der Waals surface area contributed by atoms with E-state index >= 15 is 0 Å². The Hall–Kier alpha value is -2.44. The number of carbonyl (C=O) groups excluding carboxylic acids is 2. The molecular formula is C31H44ClN3O2S. The van der Waals surface area contributed by atoms with Crippen LogP contribution in [-0.2, 0) is 16.1 Å². The van der Waals surface area contributed by atoms with Gasteiger partial charge in [0, 0.05) is 24.7 Å². The highest BCUT2D eigenvalue weighted by molar-refractivity contribution is 7.84. The first-order chi connectivity index (χ1) is 18.2. The van der Waals surface area contributed by atoms with E-state index < -0.39 is 5.54 Å². The zero-order chi connectivity index (χ0) is 28.1. The number of nitrogens with zero attached hydrogens (tertiary/aromatic N) is 2. The number of rotatable bonds is 14. The fraction of sp³-hybridized carbons (Fsp3) is 0.484. The third-order valence-electron chi connectivity index (χ3n) is 6.98. The molecule has 208 valence electrons. The Kier molecular flexibility index (Phi) is 13.3. The lowest BCUT2D eigenvalue weighted by molar-refractivity contribution is -0.153. The Morgan fingerprint density at radius 3 is 2.58 bits per heavy atom. The third-order valence-corrected chi connectivity index (χ3v) is 7.81. The lowest BCUT2D eigenvalue weighted by atomic mass is 9.86. The molecule has 1 heterocycles. The van der Waals surface area contributed by atoms with Gasteiger partial charge < -0.3 is 15.1 Å². The topological polar surface area (TPSA) is 52.7 Å². The molecule has 0 radical (unpaired) electrons. The van der Waals surface area contributed by atoms with Crippen LogP contribution in [0.1, 0.15) is 71.3 Å².